The van der Waals surface area contributed by atoms with Crippen LogP contribution in [0.2, 0.25) is 5.02 Å². The molecule has 23 heavy (non-hydrogen) atoms. The molecule has 0 atom stereocenters. The number of carbonyl (C=O) groups is 1. The summed E-state index contributed by atoms with van der Waals surface area (Å²) >= 11 is 5.87. The van der Waals surface area contributed by atoms with E-state index in [-0.39, 0.29) is 17.5 Å². The molecule has 1 fully saturated rings. The Kier molecular flexibility index (Phi) is 4.22. The molecule has 2 heterocycles. The maximum absolute atomic E-state index is 11.2. The molecule has 7 heteroatoms. The molecule has 1 saturated heterocycles. The van der Waals surface area contributed by atoms with Gasteiger partial charge in [-0.05, 0) is 37.1 Å². The molecule has 1 aliphatic heterocycles. The van der Waals surface area contributed by atoms with Gasteiger partial charge in [-0.15, -0.1) is 0 Å². The van der Waals surface area contributed by atoms with Gasteiger partial charge in [0.1, 0.15) is 6.07 Å². The van der Waals surface area contributed by atoms with Crippen LogP contribution in [0.25, 0.3) is 11.5 Å². The molecule has 1 aromatic heterocycles. The molecule has 1 aromatic carbocycles. The van der Waals surface area contributed by atoms with Gasteiger partial charge in [0, 0.05) is 29.6 Å². The summed E-state index contributed by atoms with van der Waals surface area (Å²) in [7, 11) is 0. The quantitative estimate of drug-likeness (QED) is 0.933. The first-order valence-electron chi connectivity index (χ1n) is 7.29. The Hall–Kier alpha value is -2.52. The molecule has 2 aromatic rings. The zero-order chi connectivity index (χ0) is 16.4. The van der Waals surface area contributed by atoms with Crippen molar-refractivity contribution in [3.63, 3.8) is 0 Å². The largest absolute Gasteiger partial charge is 0.419 e. The molecule has 0 spiro atoms. The fraction of sp³-hybridized carbons (Fsp3) is 0.312. The van der Waals surface area contributed by atoms with Crippen LogP contribution in [0.5, 0.6) is 0 Å². The Labute approximate surface area is 138 Å². The van der Waals surface area contributed by atoms with Crippen molar-refractivity contribution >= 4 is 23.4 Å². The average Bonchev–Trinajstić information content (AvgIpc) is 3.00. The van der Waals surface area contributed by atoms with E-state index >= 15 is 0 Å². The predicted molar refractivity (Wildman–Crippen MR) is 85.8 cm³/mol. The summed E-state index contributed by atoms with van der Waals surface area (Å²) in [4.78, 5) is 17.4. The number of aromatic nitrogens is 1. The number of halogens is 1. The number of benzene rings is 1. The van der Waals surface area contributed by atoms with E-state index in [1.165, 1.54) is 0 Å². The van der Waals surface area contributed by atoms with E-state index in [0.717, 1.165) is 5.56 Å². The van der Waals surface area contributed by atoms with E-state index in [2.05, 4.69) is 11.1 Å². The smallest absolute Gasteiger partial charge is 0.235 e. The van der Waals surface area contributed by atoms with Gasteiger partial charge < -0.3 is 15.1 Å². The first kappa shape index (κ1) is 15.4. The van der Waals surface area contributed by atoms with Crippen LogP contribution in [0.1, 0.15) is 18.5 Å². The number of hydrogen-bond donors (Lipinski definition) is 1. The number of carbonyl (C=O) groups excluding carboxylic acids is 1. The molecule has 118 valence electrons. The van der Waals surface area contributed by atoms with Crippen LogP contribution in [0, 0.1) is 17.2 Å². The summed E-state index contributed by atoms with van der Waals surface area (Å²) in [6, 6.07) is 9.13. The second-order valence-electron chi connectivity index (χ2n) is 5.46. The third-order valence-electron chi connectivity index (χ3n) is 3.99. The van der Waals surface area contributed by atoms with Crippen LogP contribution in [-0.2, 0) is 4.79 Å². The summed E-state index contributed by atoms with van der Waals surface area (Å²) in [5.74, 6) is 0.436. The highest BCUT2D eigenvalue weighted by Crippen LogP contribution is 2.31. The molecule has 0 radical (unpaired) electrons. The van der Waals surface area contributed by atoms with Crippen LogP contribution in [0.3, 0.4) is 0 Å². The Morgan fingerprint density at radius 1 is 1.35 bits per heavy atom. The Morgan fingerprint density at radius 3 is 2.57 bits per heavy atom. The van der Waals surface area contributed by atoms with Crippen molar-refractivity contribution in [3.05, 3.63) is 35.0 Å². The number of nitrogens with zero attached hydrogens (tertiary/aromatic N) is 3. The van der Waals surface area contributed by atoms with Gasteiger partial charge in [0.2, 0.25) is 23.4 Å². The summed E-state index contributed by atoms with van der Waals surface area (Å²) < 4.78 is 5.80. The zero-order valence-electron chi connectivity index (χ0n) is 12.3. The van der Waals surface area contributed by atoms with Gasteiger partial charge >= 0.3 is 0 Å². The van der Waals surface area contributed by atoms with Crippen molar-refractivity contribution in [2.75, 3.05) is 18.0 Å². The normalized spacial score (nSPS) is 15.4. The summed E-state index contributed by atoms with van der Waals surface area (Å²) in [6.45, 7) is 1.22. The third-order valence-corrected chi connectivity index (χ3v) is 4.24. The monoisotopic (exact) mass is 330 g/mol. The van der Waals surface area contributed by atoms with Gasteiger partial charge in [-0.2, -0.15) is 10.2 Å². The van der Waals surface area contributed by atoms with Crippen molar-refractivity contribution in [3.8, 4) is 17.5 Å². The molecular weight excluding hydrogens is 316 g/mol. The first-order valence-corrected chi connectivity index (χ1v) is 7.67. The van der Waals surface area contributed by atoms with Crippen LogP contribution >= 0.6 is 11.6 Å². The van der Waals surface area contributed by atoms with Crippen LogP contribution < -0.4 is 10.6 Å². The SMILES string of the molecule is N#Cc1nc(-c2ccc(Cl)cc2)oc1N1CCC(C(N)=O)CC1. The minimum Gasteiger partial charge on any atom is -0.419 e. The van der Waals surface area contributed by atoms with E-state index in [4.69, 9.17) is 21.8 Å². The number of nitriles is 1. The van der Waals surface area contributed by atoms with Crippen molar-refractivity contribution < 1.29 is 9.21 Å². The minimum atomic E-state index is -0.274. The van der Waals surface area contributed by atoms with E-state index in [1.807, 2.05) is 4.90 Å². The van der Waals surface area contributed by atoms with Crippen molar-refractivity contribution in [2.45, 2.75) is 12.8 Å². The minimum absolute atomic E-state index is 0.115. The number of primary amides is 1. The molecule has 0 bridgehead atoms. The lowest BCUT2D eigenvalue weighted by atomic mass is 9.96. The van der Waals surface area contributed by atoms with Gasteiger partial charge in [0.05, 0.1) is 0 Å². The Morgan fingerprint density at radius 2 is 2.00 bits per heavy atom. The van der Waals surface area contributed by atoms with Crippen LogP contribution in [0.15, 0.2) is 28.7 Å². The van der Waals surface area contributed by atoms with E-state index in [1.54, 1.807) is 24.3 Å². The van der Waals surface area contributed by atoms with Crippen LogP contribution in [-0.4, -0.2) is 24.0 Å². The zero-order valence-corrected chi connectivity index (χ0v) is 13.1. The second-order valence-corrected chi connectivity index (χ2v) is 5.89. The Balaban J connectivity index is 1.84. The second kappa shape index (κ2) is 6.31. The average molecular weight is 331 g/mol. The van der Waals surface area contributed by atoms with Crippen molar-refractivity contribution in [1.82, 2.24) is 4.98 Å². The van der Waals surface area contributed by atoms with Crippen LogP contribution in [0.4, 0.5) is 5.88 Å². The van der Waals surface area contributed by atoms with E-state index in [9.17, 15) is 10.1 Å². The van der Waals surface area contributed by atoms with Gasteiger partial charge in [-0.3, -0.25) is 4.79 Å². The lowest BCUT2D eigenvalue weighted by Crippen LogP contribution is -2.38. The number of hydrogen-bond acceptors (Lipinski definition) is 5. The fourth-order valence-electron chi connectivity index (χ4n) is 2.68. The first-order chi connectivity index (χ1) is 11.1. The maximum Gasteiger partial charge on any atom is 0.235 e. The van der Waals surface area contributed by atoms with E-state index in [0.29, 0.717) is 42.7 Å². The molecule has 3 rings (SSSR count). The number of amides is 1. The Bertz CT molecular complexity index is 755. The number of nitrogens with two attached hydrogens (primary N) is 1. The highest BCUT2D eigenvalue weighted by Gasteiger charge is 2.27. The topological polar surface area (TPSA) is 96.2 Å². The van der Waals surface area contributed by atoms with Gasteiger partial charge in [-0.1, -0.05) is 11.6 Å². The highest BCUT2D eigenvalue weighted by atomic mass is 35.5. The lowest BCUT2D eigenvalue weighted by molar-refractivity contribution is -0.122. The van der Waals surface area contributed by atoms with Gasteiger partial charge in [0.15, 0.2) is 0 Å². The number of oxazole rings is 1. The van der Waals surface area contributed by atoms with Crippen molar-refractivity contribution in [1.29, 1.82) is 5.26 Å². The third kappa shape index (κ3) is 3.15. The number of piperidine rings is 1. The summed E-state index contributed by atoms with van der Waals surface area (Å²) in [5.41, 5.74) is 6.34. The maximum atomic E-state index is 11.2. The summed E-state index contributed by atoms with van der Waals surface area (Å²) in [5, 5.41) is 9.92. The lowest BCUT2D eigenvalue weighted by Gasteiger charge is -2.30. The number of rotatable bonds is 3. The molecule has 0 aliphatic carbocycles. The molecule has 6 nitrogen and oxygen atoms in total. The molecule has 1 amide bonds. The van der Waals surface area contributed by atoms with Crippen molar-refractivity contribution in [2.24, 2.45) is 11.7 Å². The standard InChI is InChI=1S/C16H15ClN4O2/c17-12-3-1-11(2-4-12)15-20-13(9-18)16(23-15)21-7-5-10(6-8-21)14(19)22/h1-4,10H,5-8H2,(H2,19,22). The molecule has 2 N–H and O–H groups in total. The molecule has 1 aliphatic rings. The summed E-state index contributed by atoms with van der Waals surface area (Å²) in [6.07, 6.45) is 1.30. The van der Waals surface area contributed by atoms with Gasteiger partial charge in [-0.25, -0.2) is 0 Å². The highest BCUT2D eigenvalue weighted by molar-refractivity contribution is 6.30. The number of anilines is 1. The molecular formula is C16H15ClN4O2. The molecule has 0 saturated carbocycles. The van der Waals surface area contributed by atoms with Gasteiger partial charge in [0.25, 0.3) is 0 Å². The molecule has 0 unspecified atom stereocenters. The van der Waals surface area contributed by atoms with E-state index < -0.39 is 0 Å². The fourth-order valence-corrected chi connectivity index (χ4v) is 2.81. The predicted octanol–water partition coefficient (Wildman–Crippen LogP) is 2.57.